The van der Waals surface area contributed by atoms with E-state index in [-0.39, 0.29) is 17.3 Å². The van der Waals surface area contributed by atoms with Crippen LogP contribution in [0.2, 0.25) is 0 Å². The highest BCUT2D eigenvalue weighted by Gasteiger charge is 2.20. The molecule has 0 spiro atoms. The molecule has 3 aliphatic rings. The number of rotatable bonds is 2. The molecule has 29 heavy (non-hydrogen) atoms. The molecule has 7 nitrogen and oxygen atoms in total. The predicted octanol–water partition coefficient (Wildman–Crippen LogP) is 4.04. The van der Waals surface area contributed by atoms with Gasteiger partial charge in [-0.2, -0.15) is 0 Å². The Hall–Kier alpha value is -1.18. The van der Waals surface area contributed by atoms with Crippen LogP contribution in [-0.4, -0.2) is 52.1 Å². The second-order valence-corrected chi connectivity index (χ2v) is 7.47. The van der Waals surface area contributed by atoms with Crippen LogP contribution in [-0.2, 0) is 9.59 Å². The minimum Gasteiger partial charge on any atom is -0.481 e. The summed E-state index contributed by atoms with van der Waals surface area (Å²) in [4.78, 5) is 20.7. The molecule has 3 aliphatic carbocycles. The van der Waals surface area contributed by atoms with Gasteiger partial charge in [0.1, 0.15) is 0 Å². The Balaban J connectivity index is -0.000000321. The van der Waals surface area contributed by atoms with Crippen LogP contribution in [0.15, 0.2) is 0 Å². The lowest BCUT2D eigenvalue weighted by atomic mass is 9.90. The highest BCUT2D eigenvalue weighted by Crippen LogP contribution is 2.24. The lowest BCUT2D eigenvalue weighted by Crippen LogP contribution is -2.16. The van der Waals surface area contributed by atoms with Crippen LogP contribution >= 0.6 is 0 Å². The van der Waals surface area contributed by atoms with Gasteiger partial charge in [-0.1, -0.05) is 77.0 Å². The number of aliphatic hydroxyl groups is 2. The first kappa shape index (κ1) is 32.5. The van der Waals surface area contributed by atoms with Gasteiger partial charge in [0, 0.05) is 14.2 Å². The summed E-state index contributed by atoms with van der Waals surface area (Å²) in [6.07, 6.45) is 19.5. The molecule has 0 aliphatic heterocycles. The highest BCUT2D eigenvalue weighted by atomic mass is 16.4. The first-order valence-electron chi connectivity index (χ1n) is 11.0. The van der Waals surface area contributed by atoms with E-state index in [1.807, 2.05) is 0 Å². The van der Waals surface area contributed by atoms with Gasteiger partial charge in [-0.05, 0) is 25.7 Å². The molecule has 0 amide bonds. The molecule has 0 aromatic heterocycles. The van der Waals surface area contributed by atoms with Gasteiger partial charge in [0.2, 0.25) is 0 Å². The maximum atomic E-state index is 10.4. The lowest BCUT2D eigenvalue weighted by Gasteiger charge is -2.16. The lowest BCUT2D eigenvalue weighted by molar-refractivity contribution is -0.143. The van der Waals surface area contributed by atoms with Crippen LogP contribution in [0.5, 0.6) is 0 Å². The molecule has 3 saturated carbocycles. The van der Waals surface area contributed by atoms with Crippen LogP contribution in [0.4, 0.5) is 0 Å². The van der Waals surface area contributed by atoms with Crippen molar-refractivity contribution in [2.75, 3.05) is 14.2 Å². The van der Waals surface area contributed by atoms with Crippen LogP contribution < -0.4 is 0 Å². The average molecular weight is 423 g/mol. The van der Waals surface area contributed by atoms with Crippen LogP contribution in [0.3, 0.4) is 0 Å². The number of aliphatic carboxylic acids is 2. The molecule has 0 atom stereocenters. The van der Waals surface area contributed by atoms with E-state index in [9.17, 15) is 9.59 Å². The van der Waals surface area contributed by atoms with E-state index >= 15 is 0 Å². The smallest absolute Gasteiger partial charge is 0.306 e. The number of carboxylic acids is 2. The Kier molecular flexibility index (Phi) is 27.8. The second-order valence-electron chi connectivity index (χ2n) is 7.47. The van der Waals surface area contributed by atoms with Gasteiger partial charge in [-0.3, -0.25) is 9.59 Å². The summed E-state index contributed by atoms with van der Waals surface area (Å²) in [6, 6.07) is 0. The van der Waals surface area contributed by atoms with Crippen molar-refractivity contribution in [2.24, 2.45) is 11.8 Å². The fourth-order valence-corrected chi connectivity index (χ4v) is 3.76. The third-order valence-electron chi connectivity index (χ3n) is 5.41. The van der Waals surface area contributed by atoms with Gasteiger partial charge < -0.3 is 25.9 Å². The molecule has 3 fully saturated rings. The van der Waals surface area contributed by atoms with Gasteiger partial charge in [-0.15, -0.1) is 0 Å². The molecular weight excluding hydrogens is 376 g/mol. The molecule has 7 heteroatoms. The standard InChI is InChI=1S/2C7H12O2.C6H12.2CH4O.H2O/c2*8-7(9)6-4-2-1-3-5-6;1-2-4-6-5-3-1;2*1-2;/h2*6H,1-5H2,(H,8,9);1-6H2;2*2H,1H3;1H2. The van der Waals surface area contributed by atoms with Gasteiger partial charge >= 0.3 is 11.9 Å². The zero-order valence-electron chi connectivity index (χ0n) is 18.6. The largest absolute Gasteiger partial charge is 0.481 e. The number of hydrogen-bond donors (Lipinski definition) is 4. The van der Waals surface area contributed by atoms with Crippen molar-refractivity contribution in [1.82, 2.24) is 0 Å². The van der Waals surface area contributed by atoms with Gasteiger partial charge in [0.15, 0.2) is 0 Å². The third kappa shape index (κ3) is 19.9. The molecule has 0 heterocycles. The molecule has 0 radical (unpaired) electrons. The first-order chi connectivity index (χ1) is 13.6. The topological polar surface area (TPSA) is 147 Å². The van der Waals surface area contributed by atoms with Crippen molar-refractivity contribution in [3.05, 3.63) is 0 Å². The van der Waals surface area contributed by atoms with Gasteiger partial charge in [-0.25, -0.2) is 0 Å². The number of aliphatic hydroxyl groups excluding tert-OH is 2. The van der Waals surface area contributed by atoms with Crippen molar-refractivity contribution in [3.8, 4) is 0 Å². The zero-order valence-corrected chi connectivity index (χ0v) is 18.6. The minimum absolute atomic E-state index is 0. The molecular formula is C22H46O7. The quantitative estimate of drug-likeness (QED) is 0.528. The maximum absolute atomic E-state index is 10.4. The van der Waals surface area contributed by atoms with E-state index < -0.39 is 11.9 Å². The van der Waals surface area contributed by atoms with E-state index in [2.05, 4.69) is 0 Å². The Morgan fingerprint density at radius 2 is 0.655 bits per heavy atom. The Bertz CT molecular complexity index is 306. The molecule has 176 valence electrons. The first-order valence-corrected chi connectivity index (χ1v) is 11.0. The Morgan fingerprint density at radius 3 is 0.793 bits per heavy atom. The zero-order chi connectivity index (χ0) is 21.6. The second kappa shape index (κ2) is 24.9. The summed E-state index contributed by atoms with van der Waals surface area (Å²) in [7, 11) is 2.00. The Morgan fingerprint density at radius 1 is 0.483 bits per heavy atom. The summed E-state index contributed by atoms with van der Waals surface area (Å²) >= 11 is 0. The Labute approximate surface area is 176 Å². The van der Waals surface area contributed by atoms with Crippen LogP contribution in [0.1, 0.15) is 103 Å². The summed E-state index contributed by atoms with van der Waals surface area (Å²) in [6.45, 7) is 0. The number of carbonyl (C=O) groups is 2. The van der Waals surface area contributed by atoms with Crippen molar-refractivity contribution in [1.29, 1.82) is 0 Å². The monoisotopic (exact) mass is 422 g/mol. The molecule has 0 aromatic rings. The molecule has 0 bridgehead atoms. The molecule has 0 unspecified atom stereocenters. The highest BCUT2D eigenvalue weighted by molar-refractivity contribution is 5.70. The summed E-state index contributed by atoms with van der Waals surface area (Å²) in [5.41, 5.74) is 0. The number of carboxylic acid groups (broad SMARTS) is 2. The molecule has 6 N–H and O–H groups in total. The van der Waals surface area contributed by atoms with Gasteiger partial charge in [0.25, 0.3) is 0 Å². The maximum Gasteiger partial charge on any atom is 0.306 e. The summed E-state index contributed by atoms with van der Waals surface area (Å²) < 4.78 is 0. The van der Waals surface area contributed by atoms with Crippen molar-refractivity contribution >= 4 is 11.9 Å². The van der Waals surface area contributed by atoms with E-state index in [0.29, 0.717) is 0 Å². The SMILES string of the molecule is C1CCCCC1.CO.CO.O.O=C(O)C1CCCCC1.O=C(O)C1CCCCC1. The van der Waals surface area contributed by atoms with Crippen molar-refractivity contribution in [3.63, 3.8) is 0 Å². The average Bonchev–Trinajstić information content (AvgIpc) is 2.80. The molecule has 3 rings (SSSR count). The fraction of sp³-hybridized carbons (Fsp3) is 0.909. The van der Waals surface area contributed by atoms with E-state index in [1.54, 1.807) is 0 Å². The van der Waals surface area contributed by atoms with E-state index in [4.69, 9.17) is 20.4 Å². The van der Waals surface area contributed by atoms with E-state index in [0.717, 1.165) is 65.6 Å². The predicted molar refractivity (Wildman–Crippen MR) is 116 cm³/mol. The minimum atomic E-state index is -0.602. The number of hydrogen-bond acceptors (Lipinski definition) is 4. The fourth-order valence-electron chi connectivity index (χ4n) is 3.76. The van der Waals surface area contributed by atoms with Crippen molar-refractivity contribution < 1.29 is 35.5 Å². The van der Waals surface area contributed by atoms with Crippen LogP contribution in [0, 0.1) is 11.8 Å². The normalized spacial score (nSPS) is 18.9. The van der Waals surface area contributed by atoms with Crippen molar-refractivity contribution in [2.45, 2.75) is 103 Å². The molecule has 0 saturated heterocycles. The summed E-state index contributed by atoms with van der Waals surface area (Å²) in [5, 5.41) is 31.1. The summed E-state index contributed by atoms with van der Waals surface area (Å²) in [5.74, 6) is -1.26. The molecule has 0 aromatic carbocycles. The van der Waals surface area contributed by atoms with E-state index in [1.165, 1.54) is 51.4 Å². The van der Waals surface area contributed by atoms with Gasteiger partial charge in [0.05, 0.1) is 11.8 Å². The van der Waals surface area contributed by atoms with Crippen LogP contribution in [0.25, 0.3) is 0 Å². The third-order valence-corrected chi connectivity index (χ3v) is 5.41.